The van der Waals surface area contributed by atoms with Gasteiger partial charge in [0, 0.05) is 30.1 Å². The Kier molecular flexibility index (Phi) is 8.63. The van der Waals surface area contributed by atoms with Crippen LogP contribution in [-0.2, 0) is 20.9 Å². The van der Waals surface area contributed by atoms with E-state index >= 15 is 0 Å². The average molecular weight is 463 g/mol. The minimum absolute atomic E-state index is 0.0612. The smallest absolute Gasteiger partial charge is 0.336 e. The van der Waals surface area contributed by atoms with Crippen molar-refractivity contribution in [3.05, 3.63) is 82.1 Å². The monoisotopic (exact) mass is 462 g/mol. The summed E-state index contributed by atoms with van der Waals surface area (Å²) in [6, 6.07) is 15.2. The van der Waals surface area contributed by atoms with Gasteiger partial charge in [0.1, 0.15) is 0 Å². The first-order valence-electron chi connectivity index (χ1n) is 12.0. The molecule has 180 valence electrons. The maximum Gasteiger partial charge on any atom is 0.336 e. The van der Waals surface area contributed by atoms with Crippen molar-refractivity contribution >= 4 is 17.8 Å². The fraction of sp³-hybridized carbons (Fsp3) is 0.393. The Morgan fingerprint density at radius 1 is 1.09 bits per heavy atom. The standard InChI is InChI=1S/C28H34N2O4/c1-5-7-15-29-27(32)23-10-8-9-21(16-23)18-30-20(4)26(28(33)34-6-2)24(17-25(30)31)22-13-11-19(3)12-14-22/h8-14,16,24H,5-7,15,17-18H2,1-4H3,(H,29,32). The van der Waals surface area contributed by atoms with E-state index in [1.807, 2.05) is 43.3 Å². The second-order valence-electron chi connectivity index (χ2n) is 8.68. The highest BCUT2D eigenvalue weighted by atomic mass is 16.5. The number of esters is 1. The van der Waals surface area contributed by atoms with Gasteiger partial charge in [-0.2, -0.15) is 0 Å². The van der Waals surface area contributed by atoms with Crippen LogP contribution in [0.2, 0.25) is 0 Å². The lowest BCUT2D eigenvalue weighted by atomic mass is 9.83. The molecular weight excluding hydrogens is 428 g/mol. The third-order valence-corrected chi connectivity index (χ3v) is 6.14. The predicted octanol–water partition coefficient (Wildman–Crippen LogP) is 4.88. The number of nitrogens with one attached hydrogen (secondary N) is 1. The summed E-state index contributed by atoms with van der Waals surface area (Å²) in [7, 11) is 0. The Hall–Kier alpha value is -3.41. The minimum atomic E-state index is -0.396. The topological polar surface area (TPSA) is 75.7 Å². The molecule has 6 nitrogen and oxygen atoms in total. The number of ether oxygens (including phenoxy) is 1. The molecule has 1 aliphatic heterocycles. The molecule has 3 rings (SSSR count). The fourth-order valence-electron chi connectivity index (χ4n) is 4.23. The van der Waals surface area contributed by atoms with Crippen molar-refractivity contribution in [3.63, 3.8) is 0 Å². The fourth-order valence-corrected chi connectivity index (χ4v) is 4.23. The first-order chi connectivity index (χ1) is 16.3. The minimum Gasteiger partial charge on any atom is -0.463 e. The second kappa shape index (κ2) is 11.6. The molecule has 0 spiro atoms. The predicted molar refractivity (Wildman–Crippen MR) is 132 cm³/mol. The van der Waals surface area contributed by atoms with Crippen molar-refractivity contribution in [1.82, 2.24) is 10.2 Å². The zero-order valence-electron chi connectivity index (χ0n) is 20.5. The van der Waals surface area contributed by atoms with Crippen LogP contribution in [0.1, 0.15) is 73.0 Å². The number of unbranched alkanes of at least 4 members (excludes halogenated alkanes) is 1. The summed E-state index contributed by atoms with van der Waals surface area (Å²) < 4.78 is 5.37. The lowest BCUT2D eigenvalue weighted by Crippen LogP contribution is -2.38. The molecule has 0 aliphatic carbocycles. The third-order valence-electron chi connectivity index (χ3n) is 6.14. The summed E-state index contributed by atoms with van der Waals surface area (Å²) in [5, 5.41) is 2.92. The molecule has 0 radical (unpaired) electrons. The summed E-state index contributed by atoms with van der Waals surface area (Å²) in [5.41, 5.74) is 4.53. The first-order valence-corrected chi connectivity index (χ1v) is 12.0. The number of nitrogens with zero attached hydrogens (tertiary/aromatic N) is 1. The van der Waals surface area contributed by atoms with Crippen LogP contribution in [0.5, 0.6) is 0 Å². The van der Waals surface area contributed by atoms with E-state index in [-0.39, 0.29) is 37.3 Å². The van der Waals surface area contributed by atoms with Crippen LogP contribution in [-0.4, -0.2) is 35.8 Å². The molecule has 1 heterocycles. The van der Waals surface area contributed by atoms with Crippen molar-refractivity contribution in [2.45, 2.75) is 59.4 Å². The summed E-state index contributed by atoms with van der Waals surface area (Å²) >= 11 is 0. The summed E-state index contributed by atoms with van der Waals surface area (Å²) in [6.45, 7) is 8.83. The van der Waals surface area contributed by atoms with Crippen LogP contribution in [0.4, 0.5) is 0 Å². The second-order valence-corrected chi connectivity index (χ2v) is 8.68. The first kappa shape index (κ1) is 25.2. The van der Waals surface area contributed by atoms with Crippen LogP contribution in [0, 0.1) is 6.92 Å². The van der Waals surface area contributed by atoms with Crippen molar-refractivity contribution in [2.75, 3.05) is 13.2 Å². The van der Waals surface area contributed by atoms with E-state index in [9.17, 15) is 14.4 Å². The van der Waals surface area contributed by atoms with Crippen molar-refractivity contribution in [2.24, 2.45) is 0 Å². The maximum atomic E-state index is 13.2. The van der Waals surface area contributed by atoms with Gasteiger partial charge in [-0.1, -0.05) is 55.3 Å². The van der Waals surface area contributed by atoms with Crippen LogP contribution in [0.15, 0.2) is 59.8 Å². The molecule has 2 aromatic carbocycles. The summed E-state index contributed by atoms with van der Waals surface area (Å²) in [4.78, 5) is 40.3. The summed E-state index contributed by atoms with van der Waals surface area (Å²) in [6.07, 6.45) is 2.12. The molecule has 1 unspecified atom stereocenters. The molecular formula is C28H34N2O4. The van der Waals surface area contributed by atoms with E-state index in [2.05, 4.69) is 12.2 Å². The van der Waals surface area contributed by atoms with Gasteiger partial charge in [0.15, 0.2) is 0 Å². The van der Waals surface area contributed by atoms with E-state index in [1.165, 1.54) is 0 Å². The lowest BCUT2D eigenvalue weighted by molar-refractivity contribution is -0.140. The highest BCUT2D eigenvalue weighted by Crippen LogP contribution is 2.37. The molecule has 2 aromatic rings. The van der Waals surface area contributed by atoms with Crippen LogP contribution < -0.4 is 5.32 Å². The number of amides is 2. The Morgan fingerprint density at radius 3 is 2.50 bits per heavy atom. The van der Waals surface area contributed by atoms with Crippen LogP contribution >= 0.6 is 0 Å². The molecule has 2 amide bonds. The van der Waals surface area contributed by atoms with Gasteiger partial charge in [-0.25, -0.2) is 4.79 Å². The molecule has 1 atom stereocenters. The number of allylic oxidation sites excluding steroid dienone is 1. The van der Waals surface area contributed by atoms with Gasteiger partial charge < -0.3 is 15.0 Å². The number of hydrogen-bond acceptors (Lipinski definition) is 4. The van der Waals surface area contributed by atoms with E-state index in [4.69, 9.17) is 4.74 Å². The van der Waals surface area contributed by atoms with E-state index < -0.39 is 5.97 Å². The average Bonchev–Trinajstić information content (AvgIpc) is 2.82. The number of rotatable bonds is 9. The highest BCUT2D eigenvalue weighted by Gasteiger charge is 2.36. The summed E-state index contributed by atoms with van der Waals surface area (Å²) in [5.74, 6) is -0.931. The van der Waals surface area contributed by atoms with Crippen LogP contribution in [0.3, 0.4) is 0 Å². The molecule has 0 fully saturated rings. The number of hydrogen-bond donors (Lipinski definition) is 1. The van der Waals surface area contributed by atoms with Crippen molar-refractivity contribution < 1.29 is 19.1 Å². The van der Waals surface area contributed by atoms with E-state index in [0.717, 1.165) is 29.5 Å². The Labute approximate surface area is 202 Å². The Morgan fingerprint density at radius 2 is 1.82 bits per heavy atom. The van der Waals surface area contributed by atoms with E-state index in [1.54, 1.807) is 30.9 Å². The van der Waals surface area contributed by atoms with Crippen molar-refractivity contribution in [1.29, 1.82) is 0 Å². The van der Waals surface area contributed by atoms with Gasteiger partial charge in [-0.05, 0) is 50.5 Å². The zero-order chi connectivity index (χ0) is 24.7. The molecule has 0 bridgehead atoms. The lowest BCUT2D eigenvalue weighted by Gasteiger charge is -2.34. The highest BCUT2D eigenvalue weighted by molar-refractivity contribution is 5.96. The number of carbonyl (C=O) groups is 3. The molecule has 0 aromatic heterocycles. The normalized spacial score (nSPS) is 15.9. The molecule has 0 saturated heterocycles. The van der Waals surface area contributed by atoms with Gasteiger partial charge >= 0.3 is 5.97 Å². The third kappa shape index (κ3) is 5.93. The van der Waals surface area contributed by atoms with Gasteiger partial charge in [-0.15, -0.1) is 0 Å². The molecule has 1 N–H and O–H groups in total. The molecule has 34 heavy (non-hydrogen) atoms. The number of aryl methyl sites for hydroxylation is 1. The Balaban J connectivity index is 1.90. The van der Waals surface area contributed by atoms with Gasteiger partial charge in [-0.3, -0.25) is 9.59 Å². The molecule has 6 heteroatoms. The van der Waals surface area contributed by atoms with E-state index in [0.29, 0.717) is 23.4 Å². The van der Waals surface area contributed by atoms with Crippen LogP contribution in [0.25, 0.3) is 0 Å². The molecule has 0 saturated carbocycles. The maximum absolute atomic E-state index is 13.2. The Bertz CT molecular complexity index is 1070. The SMILES string of the molecule is CCCCNC(=O)c1cccc(CN2C(=O)CC(c3ccc(C)cc3)C(C(=O)OCC)=C2C)c1. The zero-order valence-corrected chi connectivity index (χ0v) is 20.5. The largest absolute Gasteiger partial charge is 0.463 e. The number of benzene rings is 2. The van der Waals surface area contributed by atoms with Gasteiger partial charge in [0.2, 0.25) is 5.91 Å². The van der Waals surface area contributed by atoms with Crippen molar-refractivity contribution in [3.8, 4) is 0 Å². The quantitative estimate of drug-likeness (QED) is 0.426. The number of carbonyl (C=O) groups excluding carboxylic acids is 3. The van der Waals surface area contributed by atoms with Gasteiger partial charge in [0.05, 0.1) is 18.7 Å². The molecule has 1 aliphatic rings. The van der Waals surface area contributed by atoms with Gasteiger partial charge in [0.25, 0.3) is 5.91 Å².